The van der Waals surface area contributed by atoms with Crippen LogP contribution < -0.4 is 5.32 Å². The Kier molecular flexibility index (Phi) is 4.05. The van der Waals surface area contributed by atoms with E-state index in [0.29, 0.717) is 6.04 Å². The van der Waals surface area contributed by atoms with Gasteiger partial charge in [0.15, 0.2) is 0 Å². The molecule has 0 aromatic carbocycles. The van der Waals surface area contributed by atoms with Crippen molar-refractivity contribution >= 4 is 0 Å². The van der Waals surface area contributed by atoms with Crippen LogP contribution in [0.4, 0.5) is 0 Å². The molecule has 0 spiro atoms. The first-order valence-electron chi connectivity index (χ1n) is 6.60. The average molecular weight is 221 g/mol. The molecule has 1 aromatic heterocycles. The molecule has 1 atom stereocenters. The second-order valence-corrected chi connectivity index (χ2v) is 4.90. The SMILES string of the molecule is CCNC(c1occc1C)C1CCCCC1. The molecule has 1 fully saturated rings. The fourth-order valence-corrected chi connectivity index (χ4v) is 2.86. The van der Waals surface area contributed by atoms with E-state index in [9.17, 15) is 0 Å². The minimum Gasteiger partial charge on any atom is -0.467 e. The van der Waals surface area contributed by atoms with Crippen LogP contribution in [0.3, 0.4) is 0 Å². The van der Waals surface area contributed by atoms with E-state index in [1.54, 1.807) is 0 Å². The second kappa shape index (κ2) is 5.53. The van der Waals surface area contributed by atoms with Gasteiger partial charge in [-0.15, -0.1) is 0 Å². The first-order valence-corrected chi connectivity index (χ1v) is 6.60. The Labute approximate surface area is 98.4 Å². The molecule has 1 N–H and O–H groups in total. The lowest BCUT2D eigenvalue weighted by Crippen LogP contribution is -2.29. The highest BCUT2D eigenvalue weighted by molar-refractivity contribution is 5.19. The molecule has 2 rings (SSSR count). The molecule has 1 unspecified atom stereocenters. The largest absolute Gasteiger partial charge is 0.467 e. The van der Waals surface area contributed by atoms with Gasteiger partial charge in [0.05, 0.1) is 12.3 Å². The molecule has 1 aromatic rings. The minimum atomic E-state index is 0.431. The molecular formula is C14H23NO. The fourth-order valence-electron chi connectivity index (χ4n) is 2.86. The predicted octanol–water partition coefficient (Wildman–Crippen LogP) is 3.82. The first-order chi connectivity index (χ1) is 7.83. The average Bonchev–Trinajstić information content (AvgIpc) is 2.73. The van der Waals surface area contributed by atoms with Crippen molar-refractivity contribution in [2.45, 2.75) is 52.0 Å². The lowest BCUT2D eigenvalue weighted by molar-refractivity contribution is 0.245. The smallest absolute Gasteiger partial charge is 0.123 e. The van der Waals surface area contributed by atoms with Crippen LogP contribution in [0.1, 0.15) is 56.4 Å². The summed E-state index contributed by atoms with van der Waals surface area (Å²) in [6.45, 7) is 5.33. The molecule has 16 heavy (non-hydrogen) atoms. The normalized spacial score (nSPS) is 19.9. The van der Waals surface area contributed by atoms with Crippen molar-refractivity contribution in [1.82, 2.24) is 5.32 Å². The summed E-state index contributed by atoms with van der Waals surface area (Å²) in [5.74, 6) is 1.92. The minimum absolute atomic E-state index is 0.431. The summed E-state index contributed by atoms with van der Waals surface area (Å²) >= 11 is 0. The Morgan fingerprint density at radius 2 is 2.12 bits per heavy atom. The predicted molar refractivity (Wildman–Crippen MR) is 66.4 cm³/mol. The quantitative estimate of drug-likeness (QED) is 0.836. The molecule has 2 heteroatoms. The summed E-state index contributed by atoms with van der Waals surface area (Å²) in [6.07, 6.45) is 8.68. The van der Waals surface area contributed by atoms with Crippen LogP contribution in [0.2, 0.25) is 0 Å². The highest BCUT2D eigenvalue weighted by atomic mass is 16.3. The molecule has 1 aliphatic carbocycles. The molecule has 0 radical (unpaired) electrons. The maximum absolute atomic E-state index is 5.67. The lowest BCUT2D eigenvalue weighted by Gasteiger charge is -2.30. The summed E-state index contributed by atoms with van der Waals surface area (Å²) in [7, 11) is 0. The van der Waals surface area contributed by atoms with Crippen LogP contribution in [0.15, 0.2) is 16.7 Å². The molecule has 0 amide bonds. The van der Waals surface area contributed by atoms with E-state index in [2.05, 4.69) is 25.2 Å². The van der Waals surface area contributed by atoms with Gasteiger partial charge in [0.1, 0.15) is 5.76 Å². The number of furan rings is 1. The Balaban J connectivity index is 2.12. The van der Waals surface area contributed by atoms with E-state index in [1.807, 2.05) is 6.26 Å². The number of hydrogen-bond acceptors (Lipinski definition) is 2. The van der Waals surface area contributed by atoms with Gasteiger partial charge in [-0.05, 0) is 43.9 Å². The third-order valence-electron chi connectivity index (χ3n) is 3.73. The van der Waals surface area contributed by atoms with Crippen molar-refractivity contribution in [2.24, 2.45) is 5.92 Å². The molecule has 1 aliphatic rings. The monoisotopic (exact) mass is 221 g/mol. The van der Waals surface area contributed by atoms with Gasteiger partial charge in [-0.2, -0.15) is 0 Å². The zero-order valence-corrected chi connectivity index (χ0v) is 10.5. The van der Waals surface area contributed by atoms with Gasteiger partial charge >= 0.3 is 0 Å². The Bertz CT molecular complexity index is 312. The van der Waals surface area contributed by atoms with Crippen molar-refractivity contribution < 1.29 is 4.42 Å². The summed E-state index contributed by atoms with van der Waals surface area (Å²) in [5.41, 5.74) is 1.29. The third-order valence-corrected chi connectivity index (χ3v) is 3.73. The number of nitrogens with one attached hydrogen (secondary N) is 1. The van der Waals surface area contributed by atoms with Crippen LogP contribution in [0, 0.1) is 12.8 Å². The topological polar surface area (TPSA) is 25.2 Å². The van der Waals surface area contributed by atoms with Gasteiger partial charge in [-0.25, -0.2) is 0 Å². The molecule has 90 valence electrons. The van der Waals surface area contributed by atoms with E-state index in [1.165, 1.54) is 37.7 Å². The van der Waals surface area contributed by atoms with E-state index < -0.39 is 0 Å². The molecular weight excluding hydrogens is 198 g/mol. The van der Waals surface area contributed by atoms with E-state index in [0.717, 1.165) is 18.2 Å². The third kappa shape index (κ3) is 2.49. The van der Waals surface area contributed by atoms with Gasteiger partial charge < -0.3 is 9.73 Å². The highest BCUT2D eigenvalue weighted by Gasteiger charge is 2.27. The molecule has 0 aliphatic heterocycles. The van der Waals surface area contributed by atoms with Gasteiger partial charge in [0.25, 0.3) is 0 Å². The van der Waals surface area contributed by atoms with Crippen LogP contribution in [-0.4, -0.2) is 6.54 Å². The zero-order chi connectivity index (χ0) is 11.4. The van der Waals surface area contributed by atoms with E-state index in [-0.39, 0.29) is 0 Å². The number of aryl methyl sites for hydroxylation is 1. The number of rotatable bonds is 4. The van der Waals surface area contributed by atoms with Gasteiger partial charge in [0.2, 0.25) is 0 Å². The molecule has 0 bridgehead atoms. The van der Waals surface area contributed by atoms with E-state index in [4.69, 9.17) is 4.42 Å². The summed E-state index contributed by atoms with van der Waals surface area (Å²) in [6, 6.07) is 2.50. The number of hydrogen-bond donors (Lipinski definition) is 1. The Hall–Kier alpha value is -0.760. The fraction of sp³-hybridized carbons (Fsp3) is 0.714. The van der Waals surface area contributed by atoms with Crippen molar-refractivity contribution in [3.05, 3.63) is 23.7 Å². The summed E-state index contributed by atoms with van der Waals surface area (Å²) < 4.78 is 5.67. The Morgan fingerprint density at radius 1 is 1.38 bits per heavy atom. The van der Waals surface area contributed by atoms with Crippen molar-refractivity contribution in [3.8, 4) is 0 Å². The highest BCUT2D eigenvalue weighted by Crippen LogP contribution is 2.35. The first kappa shape index (κ1) is 11.7. The van der Waals surface area contributed by atoms with Crippen LogP contribution in [0.5, 0.6) is 0 Å². The Morgan fingerprint density at radius 3 is 2.69 bits per heavy atom. The van der Waals surface area contributed by atoms with Gasteiger partial charge in [-0.3, -0.25) is 0 Å². The molecule has 2 nitrogen and oxygen atoms in total. The van der Waals surface area contributed by atoms with Crippen molar-refractivity contribution in [3.63, 3.8) is 0 Å². The maximum Gasteiger partial charge on any atom is 0.123 e. The summed E-state index contributed by atoms with van der Waals surface area (Å²) in [4.78, 5) is 0. The molecule has 1 heterocycles. The zero-order valence-electron chi connectivity index (χ0n) is 10.5. The standard InChI is InChI=1S/C14H23NO/c1-3-15-13(12-7-5-4-6-8-12)14-11(2)9-10-16-14/h9-10,12-13,15H,3-8H2,1-2H3. The van der Waals surface area contributed by atoms with Crippen molar-refractivity contribution in [2.75, 3.05) is 6.54 Å². The lowest BCUT2D eigenvalue weighted by atomic mass is 9.82. The molecule has 1 saturated carbocycles. The molecule has 0 saturated heterocycles. The maximum atomic E-state index is 5.67. The van der Waals surface area contributed by atoms with Crippen LogP contribution in [0.25, 0.3) is 0 Å². The van der Waals surface area contributed by atoms with Gasteiger partial charge in [-0.1, -0.05) is 26.2 Å². The second-order valence-electron chi connectivity index (χ2n) is 4.90. The summed E-state index contributed by atoms with van der Waals surface area (Å²) in [5, 5.41) is 3.60. The van der Waals surface area contributed by atoms with Gasteiger partial charge in [0, 0.05) is 0 Å². The van der Waals surface area contributed by atoms with E-state index >= 15 is 0 Å². The van der Waals surface area contributed by atoms with Crippen LogP contribution in [-0.2, 0) is 0 Å². The van der Waals surface area contributed by atoms with Crippen molar-refractivity contribution in [1.29, 1.82) is 0 Å². The van der Waals surface area contributed by atoms with Crippen LogP contribution >= 0.6 is 0 Å².